The van der Waals surface area contributed by atoms with Crippen LogP contribution in [0.3, 0.4) is 0 Å². The molecule has 0 fully saturated rings. The molecule has 1 aromatic carbocycles. The summed E-state index contributed by atoms with van der Waals surface area (Å²) in [6.45, 7) is 8.42. The molecule has 2 nitrogen and oxygen atoms in total. The van der Waals surface area contributed by atoms with Crippen molar-refractivity contribution in [2.75, 3.05) is 0 Å². The fourth-order valence-electron chi connectivity index (χ4n) is 1.78. The second-order valence-corrected chi connectivity index (χ2v) is 5.82. The quantitative estimate of drug-likeness (QED) is 0.758. The first-order valence-corrected chi connectivity index (χ1v) is 7.18. The normalized spacial score (nSPS) is 10.8. The molecule has 0 N–H and O–H groups in total. The summed E-state index contributed by atoms with van der Waals surface area (Å²) in [7, 11) is 0. The zero-order valence-electron chi connectivity index (χ0n) is 11.7. The minimum absolute atomic E-state index is 0.483. The van der Waals surface area contributed by atoms with E-state index < -0.39 is 0 Å². The molecule has 0 aliphatic heterocycles. The van der Waals surface area contributed by atoms with Gasteiger partial charge in [-0.05, 0) is 64.5 Å². The van der Waals surface area contributed by atoms with Gasteiger partial charge in [-0.2, -0.15) is 0 Å². The first-order valence-electron chi connectivity index (χ1n) is 6.38. The summed E-state index contributed by atoms with van der Waals surface area (Å²) >= 11 is 3.52. The highest BCUT2D eigenvalue weighted by Gasteiger charge is 2.10. The number of ether oxygens (including phenoxy) is 1. The second-order valence-electron chi connectivity index (χ2n) is 5.03. The number of hydrogen-bond acceptors (Lipinski definition) is 2. The average Bonchev–Trinajstić information content (AvgIpc) is 2.37. The molecule has 0 amide bonds. The largest absolute Gasteiger partial charge is 0.438 e. The molecule has 2 aromatic rings. The van der Waals surface area contributed by atoms with Gasteiger partial charge in [-0.15, -0.1) is 0 Å². The van der Waals surface area contributed by atoms with Crippen LogP contribution in [0, 0.1) is 13.8 Å². The van der Waals surface area contributed by atoms with Crippen molar-refractivity contribution in [2.45, 2.75) is 33.6 Å². The molecule has 0 saturated carbocycles. The standard InChI is InChI=1S/C16H18BrNO/c1-10(2)13-6-5-11(3)14(9-13)19-16-15(17)12(4)7-8-18-16/h5-10H,1-4H3. The van der Waals surface area contributed by atoms with E-state index in [-0.39, 0.29) is 0 Å². The highest BCUT2D eigenvalue weighted by molar-refractivity contribution is 9.10. The zero-order valence-corrected chi connectivity index (χ0v) is 13.3. The lowest BCUT2D eigenvalue weighted by atomic mass is 10.0. The number of pyridine rings is 1. The maximum absolute atomic E-state index is 5.95. The highest BCUT2D eigenvalue weighted by atomic mass is 79.9. The van der Waals surface area contributed by atoms with E-state index in [9.17, 15) is 0 Å². The van der Waals surface area contributed by atoms with E-state index in [2.05, 4.69) is 53.0 Å². The summed E-state index contributed by atoms with van der Waals surface area (Å²) in [4.78, 5) is 4.28. The van der Waals surface area contributed by atoms with Gasteiger partial charge >= 0.3 is 0 Å². The smallest absolute Gasteiger partial charge is 0.233 e. The van der Waals surface area contributed by atoms with Gasteiger partial charge in [0.1, 0.15) is 5.75 Å². The van der Waals surface area contributed by atoms with Crippen LogP contribution in [0.25, 0.3) is 0 Å². The fourth-order valence-corrected chi connectivity index (χ4v) is 2.09. The predicted octanol–water partition coefficient (Wildman–Crippen LogP) is 5.38. The minimum atomic E-state index is 0.483. The summed E-state index contributed by atoms with van der Waals surface area (Å²) in [6, 6.07) is 8.28. The topological polar surface area (TPSA) is 22.1 Å². The third-order valence-corrected chi connectivity index (χ3v) is 4.10. The Hall–Kier alpha value is -1.35. The molecule has 1 heterocycles. The molecule has 0 radical (unpaired) electrons. The van der Waals surface area contributed by atoms with Crippen molar-refractivity contribution in [3.8, 4) is 11.6 Å². The summed E-state index contributed by atoms with van der Waals surface area (Å²) in [5.41, 5.74) is 3.49. The Balaban J connectivity index is 2.37. The van der Waals surface area contributed by atoms with Crippen molar-refractivity contribution in [2.24, 2.45) is 0 Å². The number of rotatable bonds is 3. The number of hydrogen-bond donors (Lipinski definition) is 0. The Morgan fingerprint density at radius 2 is 1.84 bits per heavy atom. The van der Waals surface area contributed by atoms with Crippen LogP contribution in [-0.4, -0.2) is 4.98 Å². The summed E-state index contributed by atoms with van der Waals surface area (Å²) in [6.07, 6.45) is 1.76. The lowest BCUT2D eigenvalue weighted by Crippen LogP contribution is -1.95. The first-order chi connectivity index (χ1) is 8.99. The Morgan fingerprint density at radius 3 is 2.53 bits per heavy atom. The van der Waals surface area contributed by atoms with Crippen molar-refractivity contribution in [3.05, 3.63) is 51.6 Å². The number of nitrogens with zero attached hydrogens (tertiary/aromatic N) is 1. The minimum Gasteiger partial charge on any atom is -0.438 e. The van der Waals surface area contributed by atoms with Crippen molar-refractivity contribution in [1.82, 2.24) is 4.98 Å². The van der Waals surface area contributed by atoms with Gasteiger partial charge in [0.05, 0.1) is 4.47 Å². The van der Waals surface area contributed by atoms with Gasteiger partial charge in [0, 0.05) is 6.20 Å². The molecule has 0 saturated heterocycles. The Kier molecular flexibility index (Phi) is 4.25. The zero-order chi connectivity index (χ0) is 14.0. The van der Waals surface area contributed by atoms with Crippen LogP contribution in [0.5, 0.6) is 11.6 Å². The lowest BCUT2D eigenvalue weighted by Gasteiger charge is -2.13. The van der Waals surface area contributed by atoms with Gasteiger partial charge in [0.2, 0.25) is 5.88 Å². The van der Waals surface area contributed by atoms with Gasteiger partial charge in [-0.25, -0.2) is 4.98 Å². The van der Waals surface area contributed by atoms with E-state index in [0.29, 0.717) is 11.8 Å². The molecular weight excluding hydrogens is 302 g/mol. The maximum Gasteiger partial charge on any atom is 0.233 e. The molecule has 1 aromatic heterocycles. The monoisotopic (exact) mass is 319 g/mol. The number of benzene rings is 1. The van der Waals surface area contributed by atoms with Gasteiger partial charge < -0.3 is 4.74 Å². The van der Waals surface area contributed by atoms with Crippen LogP contribution in [-0.2, 0) is 0 Å². The van der Waals surface area contributed by atoms with Gasteiger partial charge in [0.25, 0.3) is 0 Å². The van der Waals surface area contributed by atoms with E-state index in [1.54, 1.807) is 6.20 Å². The molecule has 0 atom stereocenters. The molecule has 3 heteroatoms. The molecule has 0 aliphatic rings. The van der Waals surface area contributed by atoms with Gasteiger partial charge in [0.15, 0.2) is 0 Å². The lowest BCUT2D eigenvalue weighted by molar-refractivity contribution is 0.454. The van der Waals surface area contributed by atoms with E-state index in [1.165, 1.54) is 5.56 Å². The van der Waals surface area contributed by atoms with E-state index in [4.69, 9.17) is 4.74 Å². The second kappa shape index (κ2) is 5.74. The van der Waals surface area contributed by atoms with Crippen LogP contribution >= 0.6 is 15.9 Å². The predicted molar refractivity (Wildman–Crippen MR) is 82.0 cm³/mol. The number of halogens is 1. The van der Waals surface area contributed by atoms with Crippen LogP contribution in [0.1, 0.15) is 36.5 Å². The third-order valence-electron chi connectivity index (χ3n) is 3.14. The molecule has 100 valence electrons. The molecule has 19 heavy (non-hydrogen) atoms. The molecular formula is C16H18BrNO. The van der Waals surface area contributed by atoms with Crippen molar-refractivity contribution in [1.29, 1.82) is 0 Å². The first kappa shape index (κ1) is 14.1. The van der Waals surface area contributed by atoms with E-state index >= 15 is 0 Å². The van der Waals surface area contributed by atoms with Crippen LogP contribution < -0.4 is 4.74 Å². The Bertz CT molecular complexity index is 593. The van der Waals surface area contributed by atoms with E-state index in [0.717, 1.165) is 21.3 Å². The maximum atomic E-state index is 5.95. The summed E-state index contributed by atoms with van der Waals surface area (Å²) in [5, 5.41) is 0. The van der Waals surface area contributed by atoms with Crippen molar-refractivity contribution in [3.63, 3.8) is 0 Å². The Morgan fingerprint density at radius 1 is 1.11 bits per heavy atom. The van der Waals surface area contributed by atoms with Crippen molar-refractivity contribution < 1.29 is 4.74 Å². The highest BCUT2D eigenvalue weighted by Crippen LogP contribution is 2.32. The van der Waals surface area contributed by atoms with Crippen LogP contribution in [0.4, 0.5) is 0 Å². The molecule has 2 rings (SSSR count). The molecule has 0 bridgehead atoms. The number of aryl methyl sites for hydroxylation is 2. The third kappa shape index (κ3) is 3.16. The molecule has 0 aliphatic carbocycles. The molecule has 0 unspecified atom stereocenters. The summed E-state index contributed by atoms with van der Waals surface area (Å²) < 4.78 is 6.86. The molecule has 0 spiro atoms. The van der Waals surface area contributed by atoms with Gasteiger partial charge in [-0.3, -0.25) is 0 Å². The van der Waals surface area contributed by atoms with Gasteiger partial charge in [-0.1, -0.05) is 26.0 Å². The van der Waals surface area contributed by atoms with Crippen LogP contribution in [0.2, 0.25) is 0 Å². The SMILES string of the molecule is Cc1ccc(C(C)C)cc1Oc1nccc(C)c1Br. The summed E-state index contributed by atoms with van der Waals surface area (Å²) in [5.74, 6) is 1.96. The van der Waals surface area contributed by atoms with Crippen molar-refractivity contribution >= 4 is 15.9 Å². The average molecular weight is 320 g/mol. The fraction of sp³-hybridized carbons (Fsp3) is 0.312. The van der Waals surface area contributed by atoms with E-state index in [1.807, 2.05) is 19.9 Å². The number of aromatic nitrogens is 1. The Labute approximate surface area is 123 Å². The van der Waals surface area contributed by atoms with Crippen LogP contribution in [0.15, 0.2) is 34.9 Å².